The van der Waals surface area contributed by atoms with Crippen molar-refractivity contribution >= 4 is 17.6 Å². The summed E-state index contributed by atoms with van der Waals surface area (Å²) >= 11 is 0. The number of ether oxygens (including phenoxy) is 2. The van der Waals surface area contributed by atoms with Crippen LogP contribution in [0.15, 0.2) is 78.9 Å². The van der Waals surface area contributed by atoms with Crippen LogP contribution in [0, 0.1) is 0 Å². The number of nitrogens with one attached hydrogen (secondary N) is 1. The minimum absolute atomic E-state index is 0.301. The SMILES string of the molecule is CCOC(=O)c1ccc(NC(=O)c2ccccc2Oc2ccccc2)cc1. The van der Waals surface area contributed by atoms with E-state index in [9.17, 15) is 9.59 Å². The van der Waals surface area contributed by atoms with E-state index in [-0.39, 0.29) is 5.91 Å². The van der Waals surface area contributed by atoms with Crippen LogP contribution in [0.3, 0.4) is 0 Å². The molecule has 136 valence electrons. The predicted octanol–water partition coefficient (Wildman–Crippen LogP) is 4.91. The average Bonchev–Trinajstić information content (AvgIpc) is 2.70. The molecule has 0 radical (unpaired) electrons. The van der Waals surface area contributed by atoms with Crippen molar-refractivity contribution in [2.24, 2.45) is 0 Å². The Bertz CT molecular complexity index is 921. The van der Waals surface area contributed by atoms with Crippen LogP contribution in [0.5, 0.6) is 11.5 Å². The molecule has 0 fully saturated rings. The minimum atomic E-state index is -0.392. The first-order valence-electron chi connectivity index (χ1n) is 8.58. The third-order valence-corrected chi connectivity index (χ3v) is 3.76. The van der Waals surface area contributed by atoms with Crippen LogP contribution >= 0.6 is 0 Å². The lowest BCUT2D eigenvalue weighted by Crippen LogP contribution is -2.13. The lowest BCUT2D eigenvalue weighted by atomic mass is 10.1. The van der Waals surface area contributed by atoms with E-state index in [1.807, 2.05) is 36.4 Å². The van der Waals surface area contributed by atoms with Crippen LogP contribution in [-0.2, 0) is 4.74 Å². The van der Waals surface area contributed by atoms with Gasteiger partial charge in [0.05, 0.1) is 17.7 Å². The number of hydrogen-bond acceptors (Lipinski definition) is 4. The Morgan fingerprint density at radius 3 is 2.22 bits per heavy atom. The van der Waals surface area contributed by atoms with Gasteiger partial charge >= 0.3 is 5.97 Å². The Kier molecular flexibility index (Phi) is 5.84. The lowest BCUT2D eigenvalue weighted by Gasteiger charge is -2.11. The molecule has 0 aliphatic carbocycles. The molecule has 0 atom stereocenters. The monoisotopic (exact) mass is 361 g/mol. The zero-order valence-electron chi connectivity index (χ0n) is 14.8. The maximum atomic E-state index is 12.7. The number of hydrogen-bond donors (Lipinski definition) is 1. The molecule has 3 aromatic carbocycles. The van der Waals surface area contributed by atoms with Crippen molar-refractivity contribution in [3.8, 4) is 11.5 Å². The van der Waals surface area contributed by atoms with Gasteiger partial charge in [-0.1, -0.05) is 30.3 Å². The van der Waals surface area contributed by atoms with E-state index in [0.29, 0.717) is 34.9 Å². The number of para-hydroxylation sites is 2. The summed E-state index contributed by atoms with van der Waals surface area (Å²) in [5, 5.41) is 2.81. The highest BCUT2D eigenvalue weighted by molar-refractivity contribution is 6.06. The summed E-state index contributed by atoms with van der Waals surface area (Å²) in [5.74, 6) is 0.420. The van der Waals surface area contributed by atoms with E-state index in [0.717, 1.165) is 0 Å². The number of carbonyl (C=O) groups excluding carboxylic acids is 2. The number of anilines is 1. The highest BCUT2D eigenvalue weighted by Gasteiger charge is 2.13. The third-order valence-electron chi connectivity index (χ3n) is 3.76. The largest absolute Gasteiger partial charge is 0.462 e. The zero-order valence-corrected chi connectivity index (χ0v) is 14.8. The van der Waals surface area contributed by atoms with Gasteiger partial charge in [-0.05, 0) is 55.5 Å². The van der Waals surface area contributed by atoms with Crippen LogP contribution in [-0.4, -0.2) is 18.5 Å². The number of esters is 1. The van der Waals surface area contributed by atoms with Gasteiger partial charge in [0.2, 0.25) is 0 Å². The second-order valence-electron chi connectivity index (χ2n) is 5.66. The summed E-state index contributed by atoms with van der Waals surface area (Å²) in [6.45, 7) is 2.07. The Morgan fingerprint density at radius 2 is 1.52 bits per heavy atom. The number of amides is 1. The summed E-state index contributed by atoms with van der Waals surface area (Å²) in [4.78, 5) is 24.4. The molecule has 0 aliphatic heterocycles. The van der Waals surface area contributed by atoms with Crippen molar-refractivity contribution in [1.82, 2.24) is 0 Å². The van der Waals surface area contributed by atoms with Crippen LogP contribution in [0.25, 0.3) is 0 Å². The molecule has 0 spiro atoms. The fourth-order valence-corrected chi connectivity index (χ4v) is 2.46. The maximum Gasteiger partial charge on any atom is 0.338 e. The Morgan fingerprint density at radius 1 is 0.852 bits per heavy atom. The van der Waals surface area contributed by atoms with Gasteiger partial charge in [-0.2, -0.15) is 0 Å². The summed E-state index contributed by atoms with van der Waals surface area (Å²) in [6.07, 6.45) is 0. The van der Waals surface area contributed by atoms with Crippen molar-refractivity contribution < 1.29 is 19.1 Å². The van der Waals surface area contributed by atoms with Gasteiger partial charge in [-0.3, -0.25) is 4.79 Å². The second kappa shape index (κ2) is 8.67. The Labute approximate surface area is 157 Å². The van der Waals surface area contributed by atoms with Crippen molar-refractivity contribution in [1.29, 1.82) is 0 Å². The first-order valence-corrected chi connectivity index (χ1v) is 8.58. The summed E-state index contributed by atoms with van der Waals surface area (Å²) in [7, 11) is 0. The molecular formula is C22H19NO4. The molecule has 1 amide bonds. The highest BCUT2D eigenvalue weighted by Crippen LogP contribution is 2.26. The fourth-order valence-electron chi connectivity index (χ4n) is 2.46. The van der Waals surface area contributed by atoms with E-state index >= 15 is 0 Å². The topological polar surface area (TPSA) is 64.6 Å². The van der Waals surface area contributed by atoms with Crippen molar-refractivity contribution in [2.75, 3.05) is 11.9 Å². The molecule has 5 nitrogen and oxygen atoms in total. The highest BCUT2D eigenvalue weighted by atomic mass is 16.5. The first-order chi connectivity index (χ1) is 13.2. The maximum absolute atomic E-state index is 12.7. The van der Waals surface area contributed by atoms with E-state index in [4.69, 9.17) is 9.47 Å². The van der Waals surface area contributed by atoms with Gasteiger partial charge in [-0.15, -0.1) is 0 Å². The number of benzene rings is 3. The van der Waals surface area contributed by atoms with Crippen molar-refractivity contribution in [2.45, 2.75) is 6.92 Å². The lowest BCUT2D eigenvalue weighted by molar-refractivity contribution is 0.0526. The summed E-state index contributed by atoms with van der Waals surface area (Å²) < 4.78 is 10.8. The standard InChI is InChI=1S/C22H19NO4/c1-2-26-22(25)16-12-14-17(15-13-16)23-21(24)19-10-6-7-11-20(19)27-18-8-4-3-5-9-18/h3-15H,2H2,1H3,(H,23,24). The number of carbonyl (C=O) groups is 2. The van der Waals surface area contributed by atoms with Crippen molar-refractivity contribution in [3.63, 3.8) is 0 Å². The molecule has 27 heavy (non-hydrogen) atoms. The molecule has 0 unspecified atom stereocenters. The van der Waals surface area contributed by atoms with E-state index in [1.165, 1.54) is 0 Å². The smallest absolute Gasteiger partial charge is 0.338 e. The van der Waals surface area contributed by atoms with Crippen molar-refractivity contribution in [3.05, 3.63) is 90.0 Å². The quantitative estimate of drug-likeness (QED) is 0.634. The molecular weight excluding hydrogens is 342 g/mol. The fraction of sp³-hybridized carbons (Fsp3) is 0.0909. The molecule has 0 saturated heterocycles. The van der Waals surface area contributed by atoms with Crippen LogP contribution < -0.4 is 10.1 Å². The normalized spacial score (nSPS) is 10.1. The van der Waals surface area contributed by atoms with Gasteiger partial charge < -0.3 is 14.8 Å². The van der Waals surface area contributed by atoms with E-state index < -0.39 is 5.97 Å². The zero-order chi connectivity index (χ0) is 19.1. The molecule has 3 aromatic rings. The second-order valence-corrected chi connectivity index (χ2v) is 5.66. The van der Waals surface area contributed by atoms with Crippen LogP contribution in [0.2, 0.25) is 0 Å². The Hall–Kier alpha value is -3.60. The molecule has 0 saturated carbocycles. The molecule has 0 heterocycles. The molecule has 5 heteroatoms. The van der Waals surface area contributed by atoms with Crippen LogP contribution in [0.4, 0.5) is 5.69 Å². The minimum Gasteiger partial charge on any atom is -0.462 e. The third kappa shape index (κ3) is 4.73. The van der Waals surface area contributed by atoms with Gasteiger partial charge in [0, 0.05) is 5.69 Å². The molecule has 0 aromatic heterocycles. The van der Waals surface area contributed by atoms with Gasteiger partial charge in [0.1, 0.15) is 11.5 Å². The molecule has 0 aliphatic rings. The predicted molar refractivity (Wildman–Crippen MR) is 103 cm³/mol. The number of rotatable bonds is 6. The van der Waals surface area contributed by atoms with Crippen LogP contribution in [0.1, 0.15) is 27.6 Å². The van der Waals surface area contributed by atoms with Gasteiger partial charge in [0.25, 0.3) is 5.91 Å². The van der Waals surface area contributed by atoms with Gasteiger partial charge in [0.15, 0.2) is 0 Å². The van der Waals surface area contributed by atoms with Gasteiger partial charge in [-0.25, -0.2) is 4.79 Å². The summed E-state index contributed by atoms with van der Waals surface area (Å²) in [5.41, 5.74) is 1.42. The van der Waals surface area contributed by atoms with E-state index in [1.54, 1.807) is 49.4 Å². The summed E-state index contributed by atoms with van der Waals surface area (Å²) in [6, 6.07) is 22.8. The molecule has 1 N–H and O–H groups in total. The average molecular weight is 361 g/mol. The molecule has 0 bridgehead atoms. The molecule has 3 rings (SSSR count). The van der Waals surface area contributed by atoms with E-state index in [2.05, 4.69) is 5.32 Å². The first kappa shape index (κ1) is 18.2. The Balaban J connectivity index is 1.74.